The summed E-state index contributed by atoms with van der Waals surface area (Å²) in [6.07, 6.45) is 0.124. The summed E-state index contributed by atoms with van der Waals surface area (Å²) < 4.78 is 59.1. The highest BCUT2D eigenvalue weighted by Gasteiger charge is 2.31. The van der Waals surface area contributed by atoms with Crippen LogP contribution in [0.1, 0.15) is 20.3 Å². The Kier molecular flexibility index (Phi) is 3.93. The van der Waals surface area contributed by atoms with E-state index >= 15 is 0 Å². The molecule has 1 saturated heterocycles. The van der Waals surface area contributed by atoms with Crippen molar-refractivity contribution in [3.63, 3.8) is 0 Å². The van der Waals surface area contributed by atoms with Crippen molar-refractivity contribution in [1.29, 1.82) is 0 Å². The Morgan fingerprint density at radius 1 is 1.16 bits per heavy atom. The highest BCUT2D eigenvalue weighted by Crippen LogP contribution is 2.29. The van der Waals surface area contributed by atoms with Crippen LogP contribution in [0.3, 0.4) is 0 Å². The Bertz CT molecular complexity index is 457. The topological polar surface area (TPSA) is 25.4 Å². The second-order valence-corrected chi connectivity index (χ2v) is 4.55. The van der Waals surface area contributed by atoms with Crippen molar-refractivity contribution in [3.8, 4) is 0 Å². The zero-order chi connectivity index (χ0) is 14.2. The summed E-state index contributed by atoms with van der Waals surface area (Å²) in [6.45, 7) is 3.94. The maximum Gasteiger partial charge on any atom is 0.253 e. The fourth-order valence-corrected chi connectivity index (χ4v) is 2.21. The van der Waals surface area contributed by atoms with Gasteiger partial charge in [0.25, 0.3) is 11.9 Å². The molecular formula is C12H14F4N2O. The number of aromatic nitrogens is 1. The highest BCUT2D eigenvalue weighted by atomic mass is 19.2. The van der Waals surface area contributed by atoms with Gasteiger partial charge in [0, 0.05) is 13.1 Å². The predicted molar refractivity (Wildman–Crippen MR) is 60.9 cm³/mol. The van der Waals surface area contributed by atoms with Gasteiger partial charge in [0.1, 0.15) is 5.69 Å². The van der Waals surface area contributed by atoms with Gasteiger partial charge in [0.15, 0.2) is 0 Å². The lowest BCUT2D eigenvalue weighted by Gasteiger charge is -2.38. The molecule has 1 aromatic rings. The summed E-state index contributed by atoms with van der Waals surface area (Å²) in [6, 6.07) is 0. The van der Waals surface area contributed by atoms with E-state index in [0.717, 1.165) is 0 Å². The first kappa shape index (κ1) is 14.0. The van der Waals surface area contributed by atoms with Gasteiger partial charge in [-0.25, -0.2) is 0 Å². The van der Waals surface area contributed by atoms with Gasteiger partial charge >= 0.3 is 0 Å². The van der Waals surface area contributed by atoms with E-state index in [4.69, 9.17) is 4.74 Å². The number of pyridine rings is 1. The number of ether oxygens (including phenoxy) is 1. The van der Waals surface area contributed by atoms with Gasteiger partial charge < -0.3 is 9.64 Å². The molecule has 1 aromatic heterocycles. The third-order valence-electron chi connectivity index (χ3n) is 3.07. The minimum absolute atomic E-state index is 0.160. The van der Waals surface area contributed by atoms with Crippen LogP contribution in [0.4, 0.5) is 23.2 Å². The van der Waals surface area contributed by atoms with Crippen LogP contribution in [0.2, 0.25) is 0 Å². The molecule has 2 rings (SSSR count). The third kappa shape index (κ3) is 2.65. The van der Waals surface area contributed by atoms with Crippen molar-refractivity contribution >= 4 is 5.69 Å². The zero-order valence-corrected chi connectivity index (χ0v) is 10.6. The smallest absolute Gasteiger partial charge is 0.253 e. The second kappa shape index (κ2) is 5.32. The van der Waals surface area contributed by atoms with E-state index < -0.39 is 29.2 Å². The molecule has 19 heavy (non-hydrogen) atoms. The fourth-order valence-electron chi connectivity index (χ4n) is 2.21. The number of morpholine rings is 1. The lowest BCUT2D eigenvalue weighted by atomic mass is 10.1. The fraction of sp³-hybridized carbons (Fsp3) is 0.583. The Labute approximate surface area is 108 Å². The van der Waals surface area contributed by atoms with Gasteiger partial charge in [-0.1, -0.05) is 6.92 Å². The summed E-state index contributed by atoms with van der Waals surface area (Å²) in [4.78, 5) is 3.81. The number of rotatable bonds is 2. The minimum Gasteiger partial charge on any atom is -0.372 e. The molecule has 0 amide bonds. The van der Waals surface area contributed by atoms with Gasteiger partial charge in [-0.2, -0.15) is 22.5 Å². The van der Waals surface area contributed by atoms with E-state index in [0.29, 0.717) is 6.42 Å². The summed E-state index contributed by atoms with van der Waals surface area (Å²) in [5, 5.41) is 0. The van der Waals surface area contributed by atoms with Crippen LogP contribution < -0.4 is 4.90 Å². The quantitative estimate of drug-likeness (QED) is 0.614. The molecule has 3 nitrogen and oxygen atoms in total. The van der Waals surface area contributed by atoms with E-state index in [-0.39, 0.29) is 25.3 Å². The number of hydrogen-bond acceptors (Lipinski definition) is 3. The number of hydrogen-bond donors (Lipinski definition) is 0. The third-order valence-corrected chi connectivity index (χ3v) is 3.07. The lowest BCUT2D eigenvalue weighted by molar-refractivity contribution is -0.0176. The molecular weight excluding hydrogens is 264 g/mol. The van der Waals surface area contributed by atoms with Crippen LogP contribution in [0.25, 0.3) is 0 Å². The summed E-state index contributed by atoms with van der Waals surface area (Å²) in [5.41, 5.74) is -0.710. The Hall–Kier alpha value is -1.37. The first-order valence-corrected chi connectivity index (χ1v) is 6.04. The number of anilines is 1. The molecule has 0 radical (unpaired) electrons. The molecule has 0 aliphatic carbocycles. The molecule has 2 atom stereocenters. The van der Waals surface area contributed by atoms with Crippen LogP contribution in [0.5, 0.6) is 0 Å². The van der Waals surface area contributed by atoms with Crippen molar-refractivity contribution in [2.75, 3.05) is 18.0 Å². The molecule has 2 unspecified atom stereocenters. The second-order valence-electron chi connectivity index (χ2n) is 4.55. The van der Waals surface area contributed by atoms with E-state index in [1.807, 2.05) is 6.92 Å². The average molecular weight is 278 g/mol. The van der Waals surface area contributed by atoms with Crippen molar-refractivity contribution in [2.24, 2.45) is 0 Å². The SMILES string of the molecule is CCC1CN(c2c(F)c(F)nc(F)c2F)CC(C)O1. The van der Waals surface area contributed by atoms with Crippen molar-refractivity contribution in [2.45, 2.75) is 32.5 Å². The van der Waals surface area contributed by atoms with Gasteiger partial charge in [-0.05, 0) is 13.3 Å². The van der Waals surface area contributed by atoms with Crippen molar-refractivity contribution in [3.05, 3.63) is 23.5 Å². The molecule has 0 N–H and O–H groups in total. The van der Waals surface area contributed by atoms with Gasteiger partial charge in [0.05, 0.1) is 12.2 Å². The van der Waals surface area contributed by atoms with Crippen LogP contribution in [0, 0.1) is 23.5 Å². The first-order chi connectivity index (χ1) is 8.93. The Morgan fingerprint density at radius 3 is 2.26 bits per heavy atom. The van der Waals surface area contributed by atoms with Crippen LogP contribution in [-0.4, -0.2) is 30.3 Å². The zero-order valence-electron chi connectivity index (χ0n) is 10.6. The molecule has 1 aliphatic rings. The Morgan fingerprint density at radius 2 is 1.74 bits per heavy atom. The van der Waals surface area contributed by atoms with Crippen LogP contribution in [-0.2, 0) is 4.74 Å². The molecule has 0 aromatic carbocycles. The Balaban J connectivity index is 2.40. The molecule has 7 heteroatoms. The van der Waals surface area contributed by atoms with E-state index in [2.05, 4.69) is 4.98 Å². The molecule has 0 saturated carbocycles. The molecule has 0 spiro atoms. The molecule has 1 aliphatic heterocycles. The predicted octanol–water partition coefficient (Wildman–Crippen LogP) is 2.64. The van der Waals surface area contributed by atoms with E-state index in [1.165, 1.54) is 4.90 Å². The van der Waals surface area contributed by atoms with Crippen LogP contribution >= 0.6 is 0 Å². The highest BCUT2D eigenvalue weighted by molar-refractivity contribution is 5.49. The maximum absolute atomic E-state index is 13.7. The first-order valence-electron chi connectivity index (χ1n) is 6.04. The molecule has 1 fully saturated rings. The van der Waals surface area contributed by atoms with E-state index in [1.54, 1.807) is 6.92 Å². The normalized spacial score (nSPS) is 23.8. The molecule has 106 valence electrons. The maximum atomic E-state index is 13.7. The van der Waals surface area contributed by atoms with Gasteiger partial charge in [-0.3, -0.25) is 0 Å². The largest absolute Gasteiger partial charge is 0.372 e. The van der Waals surface area contributed by atoms with E-state index in [9.17, 15) is 17.6 Å². The van der Waals surface area contributed by atoms with Crippen LogP contribution in [0.15, 0.2) is 0 Å². The van der Waals surface area contributed by atoms with Crippen molar-refractivity contribution in [1.82, 2.24) is 4.98 Å². The summed E-state index contributed by atoms with van der Waals surface area (Å²) >= 11 is 0. The molecule has 2 heterocycles. The molecule has 0 bridgehead atoms. The van der Waals surface area contributed by atoms with Gasteiger partial charge in [0.2, 0.25) is 11.6 Å². The lowest BCUT2D eigenvalue weighted by Crippen LogP contribution is -2.47. The summed E-state index contributed by atoms with van der Waals surface area (Å²) in [5.74, 6) is -6.21. The minimum atomic E-state index is -1.64. The summed E-state index contributed by atoms with van der Waals surface area (Å²) in [7, 11) is 0. The van der Waals surface area contributed by atoms with Gasteiger partial charge in [-0.15, -0.1) is 0 Å². The van der Waals surface area contributed by atoms with Crippen molar-refractivity contribution < 1.29 is 22.3 Å². The number of halogens is 4. The number of nitrogens with zero attached hydrogens (tertiary/aromatic N) is 2. The monoisotopic (exact) mass is 278 g/mol. The standard InChI is InChI=1S/C12H14F4N2O/c1-3-7-5-18(4-6(2)19-7)10-8(13)11(15)17-12(16)9(10)14/h6-7H,3-5H2,1-2H3. The average Bonchev–Trinajstić information content (AvgIpc) is 2.36.